The summed E-state index contributed by atoms with van der Waals surface area (Å²) in [5.74, 6) is 1.50. The highest BCUT2D eigenvalue weighted by atomic mass is 16.5. The van der Waals surface area contributed by atoms with E-state index < -0.39 is 0 Å². The van der Waals surface area contributed by atoms with E-state index in [-0.39, 0.29) is 30.2 Å². The Morgan fingerprint density at radius 1 is 1.10 bits per heavy atom. The molecule has 1 amide bonds. The Labute approximate surface area is 242 Å². The van der Waals surface area contributed by atoms with Crippen LogP contribution in [0.3, 0.4) is 0 Å². The van der Waals surface area contributed by atoms with Crippen LogP contribution in [0.5, 0.6) is 0 Å². The molecule has 2 aliphatic rings. The van der Waals surface area contributed by atoms with Crippen LogP contribution in [-0.4, -0.2) is 62.8 Å². The zero-order valence-electron chi connectivity index (χ0n) is 24.0. The van der Waals surface area contributed by atoms with Crippen molar-refractivity contribution in [2.45, 2.75) is 82.6 Å². The van der Waals surface area contributed by atoms with Gasteiger partial charge >= 0.3 is 0 Å². The molecule has 4 N–H and O–H groups in total. The smallest absolute Gasteiger partial charge is 0.251 e. The van der Waals surface area contributed by atoms with Crippen molar-refractivity contribution >= 4 is 11.6 Å². The Morgan fingerprint density at radius 3 is 2.63 bits per heavy atom. The first-order chi connectivity index (χ1) is 20.1. The average molecular weight is 562 g/mol. The van der Waals surface area contributed by atoms with E-state index in [0.717, 1.165) is 24.1 Å². The Hall–Kier alpha value is -3.34. The number of amides is 1. The molecule has 1 saturated heterocycles. The van der Waals surface area contributed by atoms with Gasteiger partial charge < -0.3 is 25.0 Å². The van der Waals surface area contributed by atoms with Crippen LogP contribution < -0.4 is 16.0 Å². The van der Waals surface area contributed by atoms with Gasteiger partial charge in [-0.25, -0.2) is 0 Å². The summed E-state index contributed by atoms with van der Waals surface area (Å²) in [5.41, 5.74) is 2.47. The number of nitrogens with zero attached hydrogens (tertiary/aromatic N) is 4. The number of piperidine rings is 1. The molecule has 1 spiro atoms. The van der Waals surface area contributed by atoms with Crippen LogP contribution >= 0.6 is 0 Å². The number of hydrogen-bond acceptors (Lipinski definition) is 8. The summed E-state index contributed by atoms with van der Waals surface area (Å²) in [5, 5.41) is 28.7. The first-order valence-electron chi connectivity index (χ1n) is 15.0. The number of methoxy groups -OCH3 is 1. The predicted octanol–water partition coefficient (Wildman–Crippen LogP) is 4.13. The van der Waals surface area contributed by atoms with Gasteiger partial charge in [0.2, 0.25) is 0 Å². The molecular weight excluding hydrogens is 518 g/mol. The number of anilines is 1. The number of carbonyl (C=O) groups excluding carboxylic acids is 1. The second-order valence-electron chi connectivity index (χ2n) is 11.3. The number of pyridine rings is 1. The second-order valence-corrected chi connectivity index (χ2v) is 11.3. The molecule has 41 heavy (non-hydrogen) atoms. The minimum absolute atomic E-state index is 0.0276. The lowest BCUT2D eigenvalue weighted by atomic mass is 9.75. The van der Waals surface area contributed by atoms with Gasteiger partial charge in [0.1, 0.15) is 6.23 Å². The van der Waals surface area contributed by atoms with Crippen LogP contribution in [0.2, 0.25) is 0 Å². The lowest BCUT2D eigenvalue weighted by Gasteiger charge is -2.46. The van der Waals surface area contributed by atoms with E-state index in [1.54, 1.807) is 19.5 Å². The standard InChI is InChI=1S/C31H43N7O3/c1-41-30-25(10-15-31(35-30)13-5-3-2-4-6-14-31)21-34-29(40)24-8-7-9-26(20-24)33-22-27-36-37-28(38(27)18-19-39)23-11-16-32-17-12-23/h7-9,11-12,16-17,20,25,30,33,35,39H,2-6,10,13-15,18-19,21-22H2,1H3,(H,34,40). The number of hydrogen-bond donors (Lipinski definition) is 4. The summed E-state index contributed by atoms with van der Waals surface area (Å²) in [4.78, 5) is 17.2. The average Bonchev–Trinajstić information content (AvgIpc) is 3.40. The highest BCUT2D eigenvalue weighted by Gasteiger charge is 2.40. The molecule has 10 heteroatoms. The molecule has 5 rings (SSSR count). The van der Waals surface area contributed by atoms with E-state index in [2.05, 4.69) is 31.1 Å². The number of rotatable bonds is 10. The zero-order chi connectivity index (χ0) is 28.5. The molecule has 3 heterocycles. The number of benzene rings is 1. The van der Waals surface area contributed by atoms with Crippen LogP contribution in [-0.2, 0) is 17.8 Å². The first kappa shape index (κ1) is 29.2. The number of nitrogens with one attached hydrogen (secondary N) is 3. The Bertz CT molecular complexity index is 1260. The SMILES string of the molecule is COC1NC2(CCCCCCC2)CCC1CNC(=O)c1cccc(NCc2nnc(-c3ccncc3)n2CCO)c1. The molecule has 3 aromatic rings. The summed E-state index contributed by atoms with van der Waals surface area (Å²) >= 11 is 0. The quantitative estimate of drug-likeness (QED) is 0.291. The van der Waals surface area contributed by atoms with Crippen LogP contribution in [0.15, 0.2) is 48.8 Å². The molecule has 2 atom stereocenters. The Kier molecular flexibility index (Phi) is 9.97. The van der Waals surface area contributed by atoms with Crippen molar-refractivity contribution in [1.29, 1.82) is 0 Å². The van der Waals surface area contributed by atoms with Gasteiger partial charge in [0.25, 0.3) is 5.91 Å². The number of aliphatic hydroxyl groups is 1. The van der Waals surface area contributed by atoms with Gasteiger partial charge in [-0.15, -0.1) is 10.2 Å². The second kappa shape index (κ2) is 14.0. The van der Waals surface area contributed by atoms with E-state index in [4.69, 9.17) is 4.74 Å². The molecule has 1 aliphatic carbocycles. The van der Waals surface area contributed by atoms with E-state index in [1.165, 1.54) is 44.9 Å². The van der Waals surface area contributed by atoms with E-state index in [0.29, 0.717) is 36.8 Å². The van der Waals surface area contributed by atoms with Crippen molar-refractivity contribution in [3.8, 4) is 11.4 Å². The van der Waals surface area contributed by atoms with Crippen molar-refractivity contribution in [3.63, 3.8) is 0 Å². The Balaban J connectivity index is 1.17. The fraction of sp³-hybridized carbons (Fsp3) is 0.548. The summed E-state index contributed by atoms with van der Waals surface area (Å²) in [6.45, 7) is 1.32. The van der Waals surface area contributed by atoms with Gasteiger partial charge in [-0.05, 0) is 56.0 Å². The number of aromatic nitrogens is 4. The highest BCUT2D eigenvalue weighted by Crippen LogP contribution is 2.36. The van der Waals surface area contributed by atoms with Crippen LogP contribution in [0, 0.1) is 5.92 Å². The van der Waals surface area contributed by atoms with Gasteiger partial charge in [-0.1, -0.05) is 38.2 Å². The predicted molar refractivity (Wildman–Crippen MR) is 158 cm³/mol. The molecule has 1 aromatic carbocycles. The van der Waals surface area contributed by atoms with Crippen molar-refractivity contribution in [2.75, 3.05) is 25.6 Å². The molecule has 10 nitrogen and oxygen atoms in total. The van der Waals surface area contributed by atoms with Crippen molar-refractivity contribution < 1.29 is 14.6 Å². The van der Waals surface area contributed by atoms with Crippen molar-refractivity contribution in [2.24, 2.45) is 5.92 Å². The molecule has 1 aliphatic heterocycles. The lowest BCUT2D eigenvalue weighted by Crippen LogP contribution is -2.59. The van der Waals surface area contributed by atoms with Crippen LogP contribution in [0.1, 0.15) is 74.0 Å². The summed E-state index contributed by atoms with van der Waals surface area (Å²) < 4.78 is 7.78. The molecule has 0 bridgehead atoms. The fourth-order valence-corrected chi connectivity index (χ4v) is 6.33. The fourth-order valence-electron chi connectivity index (χ4n) is 6.33. The summed E-state index contributed by atoms with van der Waals surface area (Å²) in [6, 6.07) is 11.2. The maximum Gasteiger partial charge on any atom is 0.251 e. The summed E-state index contributed by atoms with van der Waals surface area (Å²) in [7, 11) is 1.77. The third-order valence-electron chi connectivity index (χ3n) is 8.62. The molecule has 1 saturated carbocycles. The molecule has 0 radical (unpaired) electrons. The van der Waals surface area contributed by atoms with Crippen molar-refractivity contribution in [1.82, 2.24) is 30.4 Å². The largest absolute Gasteiger partial charge is 0.395 e. The zero-order valence-corrected chi connectivity index (χ0v) is 24.0. The maximum atomic E-state index is 13.1. The topological polar surface area (TPSA) is 126 Å². The number of ether oxygens (including phenoxy) is 1. The monoisotopic (exact) mass is 561 g/mol. The molecule has 220 valence electrons. The van der Waals surface area contributed by atoms with Gasteiger partial charge in [0.05, 0.1) is 13.2 Å². The minimum atomic E-state index is -0.0989. The third kappa shape index (κ3) is 7.30. The van der Waals surface area contributed by atoms with Crippen LogP contribution in [0.4, 0.5) is 5.69 Å². The third-order valence-corrected chi connectivity index (χ3v) is 8.62. The van der Waals surface area contributed by atoms with Crippen LogP contribution in [0.25, 0.3) is 11.4 Å². The van der Waals surface area contributed by atoms with Crippen molar-refractivity contribution in [3.05, 3.63) is 60.2 Å². The first-order valence-corrected chi connectivity index (χ1v) is 15.0. The molecule has 2 fully saturated rings. The van der Waals surface area contributed by atoms with Gasteiger partial charge in [-0.2, -0.15) is 0 Å². The van der Waals surface area contributed by atoms with Gasteiger partial charge in [0.15, 0.2) is 11.6 Å². The molecule has 2 unspecified atom stereocenters. The number of aliphatic hydroxyl groups excluding tert-OH is 1. The van der Waals surface area contributed by atoms with Gasteiger partial charge in [0, 0.05) is 60.9 Å². The maximum absolute atomic E-state index is 13.1. The molecular formula is C31H43N7O3. The minimum Gasteiger partial charge on any atom is -0.395 e. The van der Waals surface area contributed by atoms with E-state index in [1.807, 2.05) is 41.0 Å². The van der Waals surface area contributed by atoms with E-state index >= 15 is 0 Å². The Morgan fingerprint density at radius 2 is 1.88 bits per heavy atom. The highest BCUT2D eigenvalue weighted by molar-refractivity contribution is 5.95. The molecule has 2 aromatic heterocycles. The summed E-state index contributed by atoms with van der Waals surface area (Å²) in [6.07, 6.45) is 14.5. The van der Waals surface area contributed by atoms with E-state index in [9.17, 15) is 9.90 Å². The number of carbonyl (C=O) groups is 1. The van der Waals surface area contributed by atoms with Gasteiger partial charge in [-0.3, -0.25) is 15.1 Å². The normalized spacial score (nSPS) is 20.7. The lowest BCUT2D eigenvalue weighted by molar-refractivity contribution is -0.0395.